The molecule has 0 fully saturated rings. The van der Waals surface area contributed by atoms with E-state index >= 15 is 0 Å². The molecule has 4 heteroatoms. The Hall–Kier alpha value is -1.52. The fourth-order valence-corrected chi connectivity index (χ4v) is 1.41. The van der Waals surface area contributed by atoms with E-state index in [0.717, 1.165) is 0 Å². The molecule has 17 heavy (non-hydrogen) atoms. The van der Waals surface area contributed by atoms with Gasteiger partial charge in [0.2, 0.25) is 0 Å². The summed E-state index contributed by atoms with van der Waals surface area (Å²) < 4.78 is 0. The summed E-state index contributed by atoms with van der Waals surface area (Å²) in [6.45, 7) is 0.593. The van der Waals surface area contributed by atoms with Crippen LogP contribution in [0.4, 0.5) is 0 Å². The number of benzene rings is 1. The maximum atomic E-state index is 11.6. The average Bonchev–Trinajstić information content (AvgIpc) is 2.36. The van der Waals surface area contributed by atoms with Crippen LogP contribution in [0.15, 0.2) is 30.3 Å². The van der Waals surface area contributed by atoms with Gasteiger partial charge in [0.05, 0.1) is 6.54 Å². The van der Waals surface area contributed by atoms with Crippen LogP contribution in [0.3, 0.4) is 0 Å². The number of hydrogen-bond acceptors (Lipinski definition) is 4. The molecule has 0 amide bonds. The van der Waals surface area contributed by atoms with Gasteiger partial charge in [-0.1, -0.05) is 30.3 Å². The molecular weight excluding hydrogens is 218 g/mol. The smallest absolute Gasteiger partial charge is 0.176 e. The van der Waals surface area contributed by atoms with Crippen molar-refractivity contribution in [3.63, 3.8) is 0 Å². The summed E-state index contributed by atoms with van der Waals surface area (Å²) in [5.74, 6) is 0.0207. The molecule has 0 aliphatic rings. The zero-order valence-electron chi connectivity index (χ0n) is 9.69. The standard InChI is InChI=1S/C13H17NO3/c15-9-7-12(16)6-8-14-10-13(17)11-4-2-1-3-5-11/h1-5,14-15H,6-10H2. The van der Waals surface area contributed by atoms with Crippen LogP contribution in [-0.4, -0.2) is 36.4 Å². The Morgan fingerprint density at radius 3 is 2.47 bits per heavy atom. The SMILES string of the molecule is O=C(CCO)CCNCC(=O)c1ccccc1. The van der Waals surface area contributed by atoms with Crippen LogP contribution in [0.1, 0.15) is 23.2 Å². The van der Waals surface area contributed by atoms with E-state index in [0.29, 0.717) is 18.5 Å². The first-order valence-corrected chi connectivity index (χ1v) is 5.65. The van der Waals surface area contributed by atoms with Gasteiger partial charge in [-0.3, -0.25) is 9.59 Å². The highest BCUT2D eigenvalue weighted by molar-refractivity contribution is 5.97. The predicted octanol–water partition coefficient (Wildman–Crippen LogP) is 0.800. The lowest BCUT2D eigenvalue weighted by molar-refractivity contribution is -0.119. The summed E-state index contributed by atoms with van der Waals surface area (Å²) in [7, 11) is 0. The Labute approximate surface area is 101 Å². The number of hydrogen-bond donors (Lipinski definition) is 2. The summed E-state index contributed by atoms with van der Waals surface area (Å²) in [4.78, 5) is 22.7. The van der Waals surface area contributed by atoms with Crippen LogP contribution in [0.2, 0.25) is 0 Å². The van der Waals surface area contributed by atoms with Gasteiger partial charge in [-0.25, -0.2) is 0 Å². The number of Topliss-reactive ketones (excluding diaryl/α,β-unsaturated/α-hetero) is 2. The second-order valence-corrected chi connectivity index (χ2v) is 3.73. The van der Waals surface area contributed by atoms with Gasteiger partial charge in [0, 0.05) is 31.6 Å². The van der Waals surface area contributed by atoms with Crippen molar-refractivity contribution < 1.29 is 14.7 Å². The fourth-order valence-electron chi connectivity index (χ4n) is 1.41. The second-order valence-electron chi connectivity index (χ2n) is 3.73. The van der Waals surface area contributed by atoms with E-state index < -0.39 is 0 Å². The molecule has 4 nitrogen and oxygen atoms in total. The van der Waals surface area contributed by atoms with Crippen molar-refractivity contribution >= 4 is 11.6 Å². The number of nitrogens with one attached hydrogen (secondary N) is 1. The zero-order chi connectivity index (χ0) is 12.5. The van der Waals surface area contributed by atoms with Gasteiger partial charge in [-0.2, -0.15) is 0 Å². The Balaban J connectivity index is 2.19. The lowest BCUT2D eigenvalue weighted by atomic mass is 10.1. The molecule has 0 heterocycles. The van der Waals surface area contributed by atoms with Gasteiger partial charge in [-0.05, 0) is 0 Å². The van der Waals surface area contributed by atoms with Gasteiger partial charge in [-0.15, -0.1) is 0 Å². The number of carbonyl (C=O) groups is 2. The van der Waals surface area contributed by atoms with Gasteiger partial charge >= 0.3 is 0 Å². The first-order valence-electron chi connectivity index (χ1n) is 5.65. The maximum absolute atomic E-state index is 11.6. The van der Waals surface area contributed by atoms with E-state index in [2.05, 4.69) is 5.32 Å². The topological polar surface area (TPSA) is 66.4 Å². The molecule has 92 valence electrons. The van der Waals surface area contributed by atoms with Crippen LogP contribution in [0, 0.1) is 0 Å². The molecular formula is C13H17NO3. The summed E-state index contributed by atoms with van der Waals surface area (Å²) in [5, 5.41) is 11.5. The van der Waals surface area contributed by atoms with E-state index in [1.54, 1.807) is 12.1 Å². The molecule has 0 bridgehead atoms. The monoisotopic (exact) mass is 235 g/mol. The minimum atomic E-state index is -0.109. The van der Waals surface area contributed by atoms with E-state index in [1.165, 1.54) is 0 Å². The summed E-state index contributed by atoms with van der Waals surface area (Å²) in [6, 6.07) is 9.02. The largest absolute Gasteiger partial charge is 0.396 e. The molecule has 0 aliphatic carbocycles. The normalized spacial score (nSPS) is 10.2. The fraction of sp³-hybridized carbons (Fsp3) is 0.385. The molecule has 0 atom stereocenters. The number of carbonyl (C=O) groups excluding carboxylic acids is 2. The quantitative estimate of drug-likeness (QED) is 0.516. The molecule has 0 saturated carbocycles. The molecule has 0 saturated heterocycles. The van der Waals surface area contributed by atoms with Gasteiger partial charge in [0.25, 0.3) is 0 Å². The van der Waals surface area contributed by atoms with Crippen LogP contribution in [-0.2, 0) is 4.79 Å². The minimum Gasteiger partial charge on any atom is -0.396 e. The Bertz CT molecular complexity index is 362. The van der Waals surface area contributed by atoms with Crippen molar-refractivity contribution in [1.82, 2.24) is 5.32 Å². The Morgan fingerprint density at radius 1 is 1.12 bits per heavy atom. The molecule has 0 aromatic heterocycles. The highest BCUT2D eigenvalue weighted by Gasteiger charge is 2.05. The third-order valence-electron chi connectivity index (χ3n) is 2.35. The van der Waals surface area contributed by atoms with E-state index in [1.807, 2.05) is 18.2 Å². The molecule has 1 aromatic rings. The Morgan fingerprint density at radius 2 is 1.82 bits per heavy atom. The maximum Gasteiger partial charge on any atom is 0.176 e. The molecule has 2 N–H and O–H groups in total. The van der Waals surface area contributed by atoms with Crippen molar-refractivity contribution in [2.45, 2.75) is 12.8 Å². The third-order valence-corrected chi connectivity index (χ3v) is 2.35. The first-order chi connectivity index (χ1) is 8.24. The first kappa shape index (κ1) is 13.5. The van der Waals surface area contributed by atoms with Crippen molar-refractivity contribution in [3.05, 3.63) is 35.9 Å². The molecule has 0 unspecified atom stereocenters. The Kier molecular flexibility index (Phi) is 6.14. The van der Waals surface area contributed by atoms with Crippen molar-refractivity contribution in [2.24, 2.45) is 0 Å². The van der Waals surface area contributed by atoms with Crippen LogP contribution in [0.25, 0.3) is 0 Å². The molecule has 1 rings (SSSR count). The highest BCUT2D eigenvalue weighted by Crippen LogP contribution is 1.98. The molecule has 1 aromatic carbocycles. The number of ketones is 2. The van der Waals surface area contributed by atoms with E-state index in [4.69, 9.17) is 5.11 Å². The van der Waals surface area contributed by atoms with E-state index in [-0.39, 0.29) is 31.1 Å². The van der Waals surface area contributed by atoms with Crippen LogP contribution in [0.5, 0.6) is 0 Å². The second kappa shape index (κ2) is 7.70. The number of rotatable bonds is 8. The summed E-state index contributed by atoms with van der Waals surface area (Å²) in [5.41, 5.74) is 0.668. The molecule has 0 spiro atoms. The predicted molar refractivity (Wildman–Crippen MR) is 65.0 cm³/mol. The number of aliphatic hydroxyl groups excluding tert-OH is 1. The zero-order valence-corrected chi connectivity index (χ0v) is 9.69. The summed E-state index contributed by atoms with van der Waals surface area (Å²) in [6.07, 6.45) is 0.539. The van der Waals surface area contributed by atoms with Crippen LogP contribution < -0.4 is 5.32 Å². The minimum absolute atomic E-state index is 0.00663. The van der Waals surface area contributed by atoms with Gasteiger partial charge in [0.15, 0.2) is 5.78 Å². The third kappa shape index (κ3) is 5.38. The van der Waals surface area contributed by atoms with Crippen LogP contribution >= 0.6 is 0 Å². The van der Waals surface area contributed by atoms with E-state index in [9.17, 15) is 9.59 Å². The van der Waals surface area contributed by atoms with Crippen molar-refractivity contribution in [1.29, 1.82) is 0 Å². The van der Waals surface area contributed by atoms with Crippen molar-refractivity contribution in [3.8, 4) is 0 Å². The number of aliphatic hydroxyl groups is 1. The molecule has 0 radical (unpaired) electrons. The van der Waals surface area contributed by atoms with Gasteiger partial charge in [0.1, 0.15) is 5.78 Å². The summed E-state index contributed by atoms with van der Waals surface area (Å²) >= 11 is 0. The lowest BCUT2D eigenvalue weighted by Crippen LogP contribution is -2.25. The van der Waals surface area contributed by atoms with Gasteiger partial charge < -0.3 is 10.4 Å². The molecule has 0 aliphatic heterocycles. The van der Waals surface area contributed by atoms with Crippen molar-refractivity contribution in [2.75, 3.05) is 19.7 Å². The average molecular weight is 235 g/mol. The highest BCUT2D eigenvalue weighted by atomic mass is 16.3. The lowest BCUT2D eigenvalue weighted by Gasteiger charge is -2.03.